The Morgan fingerprint density at radius 2 is 1.00 bits per heavy atom. The monoisotopic (exact) mass is 660 g/mol. The number of hydrogen-bond donors (Lipinski definition) is 0. The molecule has 0 atom stereocenters. The summed E-state index contributed by atoms with van der Waals surface area (Å²) in [6, 6.07) is 61.0. The Labute approximate surface area is 297 Å². The fraction of sp³-hybridized carbons (Fsp3) is 0. The second kappa shape index (κ2) is 10.3. The summed E-state index contributed by atoms with van der Waals surface area (Å²) in [7, 11) is 0. The Morgan fingerprint density at radius 3 is 1.85 bits per heavy atom. The Morgan fingerprint density at radius 1 is 0.385 bits per heavy atom. The second-order valence-corrected chi connectivity index (χ2v) is 13.7. The highest BCUT2D eigenvalue weighted by atomic mass is 15.1. The molecular formula is C48H28N4. The molecule has 12 aromatic rings. The van der Waals surface area contributed by atoms with Gasteiger partial charge in [-0.25, -0.2) is 9.97 Å². The Kier molecular flexibility index (Phi) is 5.47. The molecule has 4 heterocycles. The van der Waals surface area contributed by atoms with Gasteiger partial charge in [-0.05, 0) is 52.2 Å². The fourth-order valence-electron chi connectivity index (χ4n) is 8.90. The summed E-state index contributed by atoms with van der Waals surface area (Å²) in [6.45, 7) is 0. The predicted molar refractivity (Wildman–Crippen MR) is 217 cm³/mol. The van der Waals surface area contributed by atoms with Crippen molar-refractivity contribution in [1.29, 1.82) is 0 Å². The summed E-state index contributed by atoms with van der Waals surface area (Å²) < 4.78 is 4.86. The van der Waals surface area contributed by atoms with Crippen LogP contribution in [0.1, 0.15) is 0 Å². The molecule has 52 heavy (non-hydrogen) atoms. The van der Waals surface area contributed by atoms with Crippen LogP contribution in [-0.2, 0) is 0 Å². The molecular weight excluding hydrogens is 633 g/mol. The molecule has 0 amide bonds. The van der Waals surface area contributed by atoms with E-state index in [0.29, 0.717) is 0 Å². The molecule has 8 aromatic carbocycles. The maximum absolute atomic E-state index is 5.51. The van der Waals surface area contributed by atoms with E-state index >= 15 is 0 Å². The molecule has 0 bridgehead atoms. The number of nitrogens with zero attached hydrogens (tertiary/aromatic N) is 4. The van der Waals surface area contributed by atoms with Gasteiger partial charge in [-0.2, -0.15) is 0 Å². The number of aromatic nitrogens is 4. The molecule has 0 fully saturated rings. The van der Waals surface area contributed by atoms with Gasteiger partial charge >= 0.3 is 0 Å². The van der Waals surface area contributed by atoms with Crippen molar-refractivity contribution in [2.45, 2.75) is 0 Å². The lowest BCUT2D eigenvalue weighted by atomic mass is 9.98. The van der Waals surface area contributed by atoms with E-state index in [9.17, 15) is 0 Å². The summed E-state index contributed by atoms with van der Waals surface area (Å²) in [4.78, 5) is 11.0. The number of benzene rings is 8. The first kappa shape index (κ1) is 27.7. The number of hydrogen-bond acceptors (Lipinski definition) is 2. The van der Waals surface area contributed by atoms with E-state index in [0.717, 1.165) is 49.9 Å². The standard InChI is InChI=1S/C48H28N4/c1-3-13-29(14-4-1)32-19-10-23-38-42(32)36-22-9-21-35-34-20-11-24-39-43(34)44-40(51(38)47(35)36)25-12-26-41(44)52(39)48-45(31-16-5-2-6-17-31)50-46-33-18-8-7-15-30(33)27-28-37(46)49-48/h1-28H. The van der Waals surface area contributed by atoms with Crippen molar-refractivity contribution in [3.05, 3.63) is 170 Å². The van der Waals surface area contributed by atoms with Crippen molar-refractivity contribution in [3.63, 3.8) is 0 Å². The van der Waals surface area contributed by atoms with E-state index in [1.165, 1.54) is 60.0 Å². The molecule has 0 spiro atoms. The Bertz CT molecular complexity index is 3390. The number of para-hydroxylation sites is 1. The third-order valence-corrected chi connectivity index (χ3v) is 11.0. The van der Waals surface area contributed by atoms with Gasteiger partial charge in [0, 0.05) is 37.9 Å². The number of rotatable bonds is 3. The maximum atomic E-state index is 5.51. The lowest BCUT2D eigenvalue weighted by molar-refractivity contribution is 1.08. The van der Waals surface area contributed by atoms with Crippen LogP contribution in [0, 0.1) is 0 Å². The largest absolute Gasteiger partial charge is 0.308 e. The van der Waals surface area contributed by atoms with Gasteiger partial charge in [-0.3, -0.25) is 4.57 Å². The first-order valence-corrected chi connectivity index (χ1v) is 17.8. The smallest absolute Gasteiger partial charge is 0.165 e. The van der Waals surface area contributed by atoms with E-state index in [-0.39, 0.29) is 0 Å². The van der Waals surface area contributed by atoms with Crippen LogP contribution in [0.3, 0.4) is 0 Å². The molecule has 240 valence electrons. The molecule has 0 aliphatic carbocycles. The molecule has 4 nitrogen and oxygen atoms in total. The third kappa shape index (κ3) is 3.60. The van der Waals surface area contributed by atoms with Crippen molar-refractivity contribution in [3.8, 4) is 28.2 Å². The normalized spacial score (nSPS) is 12.2. The quantitative estimate of drug-likeness (QED) is 0.177. The molecule has 4 aromatic heterocycles. The molecule has 0 unspecified atom stereocenters. The van der Waals surface area contributed by atoms with Crippen LogP contribution in [-0.4, -0.2) is 18.9 Å². The minimum atomic E-state index is 0.825. The van der Waals surface area contributed by atoms with Crippen LogP contribution in [0.2, 0.25) is 0 Å². The lowest BCUT2D eigenvalue weighted by Gasteiger charge is -2.15. The highest BCUT2D eigenvalue weighted by Crippen LogP contribution is 2.46. The van der Waals surface area contributed by atoms with E-state index in [1.807, 2.05) is 0 Å². The zero-order valence-corrected chi connectivity index (χ0v) is 28.0. The lowest BCUT2D eigenvalue weighted by Crippen LogP contribution is -2.04. The van der Waals surface area contributed by atoms with Crippen LogP contribution in [0.15, 0.2) is 170 Å². The fourth-order valence-corrected chi connectivity index (χ4v) is 8.90. The van der Waals surface area contributed by atoms with Gasteiger partial charge in [0.05, 0.1) is 38.6 Å². The number of fused-ring (bicyclic) bond motifs is 8. The van der Waals surface area contributed by atoms with E-state index in [1.54, 1.807) is 0 Å². The molecule has 0 aliphatic rings. The Hall–Kier alpha value is -7.04. The summed E-state index contributed by atoms with van der Waals surface area (Å²) in [6.07, 6.45) is 0. The second-order valence-electron chi connectivity index (χ2n) is 13.7. The zero-order valence-electron chi connectivity index (χ0n) is 28.0. The van der Waals surface area contributed by atoms with Gasteiger partial charge in [0.1, 0.15) is 5.69 Å². The van der Waals surface area contributed by atoms with Crippen LogP contribution in [0.4, 0.5) is 0 Å². The van der Waals surface area contributed by atoms with E-state index in [2.05, 4.69) is 179 Å². The van der Waals surface area contributed by atoms with Crippen molar-refractivity contribution in [1.82, 2.24) is 18.9 Å². The summed E-state index contributed by atoms with van der Waals surface area (Å²) >= 11 is 0. The molecule has 0 N–H and O–H groups in total. The van der Waals surface area contributed by atoms with Crippen molar-refractivity contribution < 1.29 is 0 Å². The average molecular weight is 661 g/mol. The highest BCUT2D eigenvalue weighted by Gasteiger charge is 2.25. The van der Waals surface area contributed by atoms with Gasteiger partial charge in [0.25, 0.3) is 0 Å². The third-order valence-electron chi connectivity index (χ3n) is 11.0. The maximum Gasteiger partial charge on any atom is 0.165 e. The van der Waals surface area contributed by atoms with Crippen LogP contribution in [0.5, 0.6) is 0 Å². The van der Waals surface area contributed by atoms with Crippen molar-refractivity contribution in [2.24, 2.45) is 0 Å². The molecule has 12 rings (SSSR count). The van der Waals surface area contributed by atoms with Crippen molar-refractivity contribution >= 4 is 81.7 Å². The van der Waals surface area contributed by atoms with Gasteiger partial charge in [-0.1, -0.05) is 140 Å². The van der Waals surface area contributed by atoms with Crippen LogP contribution < -0.4 is 0 Å². The summed E-state index contributed by atoms with van der Waals surface area (Å²) in [5.41, 5.74) is 12.0. The van der Waals surface area contributed by atoms with E-state index in [4.69, 9.17) is 9.97 Å². The molecule has 4 heteroatoms. The predicted octanol–water partition coefficient (Wildman–Crippen LogP) is 12.4. The van der Waals surface area contributed by atoms with Gasteiger partial charge in [0.2, 0.25) is 0 Å². The SMILES string of the molecule is c1ccc(-c2nc3c(ccc4ccccc43)nc2-n2c3cccc4c5cccc6c7c(-c8ccccc8)cccc7n(c7cccc2c7c43)c56)cc1. The van der Waals surface area contributed by atoms with E-state index < -0.39 is 0 Å². The summed E-state index contributed by atoms with van der Waals surface area (Å²) in [5.74, 6) is 0.825. The molecule has 0 aliphatic heterocycles. The van der Waals surface area contributed by atoms with Gasteiger partial charge in [0.15, 0.2) is 5.82 Å². The molecule has 0 saturated heterocycles. The topological polar surface area (TPSA) is 35.1 Å². The van der Waals surface area contributed by atoms with Gasteiger partial charge in [-0.15, -0.1) is 0 Å². The zero-order chi connectivity index (χ0) is 33.9. The first-order valence-electron chi connectivity index (χ1n) is 17.8. The average Bonchev–Trinajstić information content (AvgIpc) is 3.70. The highest BCUT2D eigenvalue weighted by molar-refractivity contribution is 6.32. The minimum absolute atomic E-state index is 0.825. The molecule has 0 radical (unpaired) electrons. The van der Waals surface area contributed by atoms with Crippen LogP contribution in [0.25, 0.3) is 110 Å². The minimum Gasteiger partial charge on any atom is -0.308 e. The summed E-state index contributed by atoms with van der Waals surface area (Å²) in [5, 5.41) is 9.70. The van der Waals surface area contributed by atoms with Gasteiger partial charge < -0.3 is 4.40 Å². The van der Waals surface area contributed by atoms with Crippen LogP contribution >= 0.6 is 0 Å². The van der Waals surface area contributed by atoms with Crippen molar-refractivity contribution in [2.75, 3.05) is 0 Å². The Balaban J connectivity index is 1.29. The molecule has 0 saturated carbocycles. The first-order chi connectivity index (χ1) is 25.8.